The van der Waals surface area contributed by atoms with E-state index in [0.29, 0.717) is 5.69 Å². The number of ether oxygens (including phenoxy) is 1. The Morgan fingerprint density at radius 1 is 1.21 bits per heavy atom. The smallest absolute Gasteiger partial charge is 0.360 e. The van der Waals surface area contributed by atoms with Crippen LogP contribution in [0.5, 0.6) is 0 Å². The Bertz CT molecular complexity index is 920. The molecule has 1 heterocycles. The molecule has 0 aliphatic rings. The van der Waals surface area contributed by atoms with Crippen LogP contribution in [0.25, 0.3) is 10.8 Å². The molecule has 0 atom stereocenters. The molecular weight excluding hydrogens is 330 g/mol. The van der Waals surface area contributed by atoms with E-state index in [1.807, 2.05) is 36.4 Å². The molecular formula is C17H14ClN3O3. The molecule has 1 N–H and O–H groups in total. The monoisotopic (exact) mass is 343 g/mol. The van der Waals surface area contributed by atoms with Gasteiger partial charge in [0.25, 0.3) is 5.91 Å². The summed E-state index contributed by atoms with van der Waals surface area (Å²) in [7, 11) is 1.63. The number of aromatic nitrogens is 2. The van der Waals surface area contributed by atoms with Crippen molar-refractivity contribution in [3.8, 4) is 0 Å². The van der Waals surface area contributed by atoms with E-state index < -0.39 is 18.5 Å². The highest BCUT2D eigenvalue weighted by Crippen LogP contribution is 2.19. The number of carbonyl (C=O) groups is 2. The van der Waals surface area contributed by atoms with E-state index in [1.165, 1.54) is 10.9 Å². The van der Waals surface area contributed by atoms with Crippen molar-refractivity contribution in [2.24, 2.45) is 7.05 Å². The number of hydrogen-bond acceptors (Lipinski definition) is 4. The lowest BCUT2D eigenvalue weighted by Gasteiger charge is -2.07. The molecule has 2 aromatic carbocycles. The number of anilines is 1. The fourth-order valence-corrected chi connectivity index (χ4v) is 2.52. The summed E-state index contributed by atoms with van der Waals surface area (Å²) in [5, 5.41) is 8.83. The van der Waals surface area contributed by atoms with E-state index in [1.54, 1.807) is 13.1 Å². The molecule has 0 bridgehead atoms. The molecule has 6 nitrogen and oxygen atoms in total. The van der Waals surface area contributed by atoms with Gasteiger partial charge in [-0.1, -0.05) is 41.9 Å². The van der Waals surface area contributed by atoms with E-state index >= 15 is 0 Å². The maximum absolute atomic E-state index is 11.9. The second-order valence-corrected chi connectivity index (χ2v) is 5.59. The predicted molar refractivity (Wildman–Crippen MR) is 91.1 cm³/mol. The van der Waals surface area contributed by atoms with Gasteiger partial charge in [0.2, 0.25) is 0 Å². The number of fused-ring (bicyclic) bond motifs is 1. The summed E-state index contributed by atoms with van der Waals surface area (Å²) in [6, 6.07) is 13.4. The minimum absolute atomic E-state index is 0.0160. The highest BCUT2D eigenvalue weighted by Gasteiger charge is 2.17. The van der Waals surface area contributed by atoms with Crippen molar-refractivity contribution in [1.82, 2.24) is 9.78 Å². The Labute approximate surface area is 143 Å². The molecule has 1 amide bonds. The summed E-state index contributed by atoms with van der Waals surface area (Å²) < 4.78 is 6.33. The van der Waals surface area contributed by atoms with Gasteiger partial charge in [-0.25, -0.2) is 4.79 Å². The van der Waals surface area contributed by atoms with Gasteiger partial charge < -0.3 is 10.1 Å². The van der Waals surface area contributed by atoms with E-state index in [2.05, 4.69) is 10.4 Å². The molecule has 0 saturated carbocycles. The highest BCUT2D eigenvalue weighted by atomic mass is 35.5. The topological polar surface area (TPSA) is 73.2 Å². The van der Waals surface area contributed by atoms with Gasteiger partial charge >= 0.3 is 5.97 Å². The second-order valence-electron chi connectivity index (χ2n) is 5.19. The Morgan fingerprint density at radius 2 is 1.96 bits per heavy atom. The lowest BCUT2D eigenvalue weighted by molar-refractivity contribution is -0.119. The van der Waals surface area contributed by atoms with E-state index in [4.69, 9.17) is 16.3 Å². The molecule has 0 saturated heterocycles. The third-order valence-corrected chi connectivity index (χ3v) is 3.62. The third kappa shape index (κ3) is 3.55. The van der Waals surface area contributed by atoms with Crippen LogP contribution in [0.2, 0.25) is 5.02 Å². The van der Waals surface area contributed by atoms with Crippen LogP contribution in [0.4, 0.5) is 5.69 Å². The molecule has 0 aliphatic carbocycles. The minimum Gasteiger partial charge on any atom is -0.451 e. The van der Waals surface area contributed by atoms with Gasteiger partial charge in [0.05, 0.1) is 5.02 Å². The van der Waals surface area contributed by atoms with Gasteiger partial charge in [-0.05, 0) is 22.9 Å². The number of aryl methyl sites for hydroxylation is 1. The molecule has 24 heavy (non-hydrogen) atoms. The number of rotatable bonds is 4. The Balaban J connectivity index is 1.60. The van der Waals surface area contributed by atoms with Crippen molar-refractivity contribution in [3.05, 3.63) is 59.4 Å². The Hall–Kier alpha value is -2.86. The van der Waals surface area contributed by atoms with Crippen LogP contribution < -0.4 is 5.32 Å². The van der Waals surface area contributed by atoms with Crippen LogP contribution in [0, 0.1) is 0 Å². The van der Waals surface area contributed by atoms with Crippen molar-refractivity contribution in [1.29, 1.82) is 0 Å². The number of hydrogen-bond donors (Lipinski definition) is 1. The Kier molecular flexibility index (Phi) is 4.48. The van der Waals surface area contributed by atoms with Crippen molar-refractivity contribution in [2.75, 3.05) is 11.9 Å². The zero-order valence-electron chi connectivity index (χ0n) is 12.8. The molecule has 1 aromatic heterocycles. The molecule has 3 rings (SSSR count). The predicted octanol–water partition coefficient (Wildman–Crippen LogP) is 3.02. The third-order valence-electron chi connectivity index (χ3n) is 3.35. The summed E-state index contributed by atoms with van der Waals surface area (Å²) in [4.78, 5) is 23.8. The first-order valence-electron chi connectivity index (χ1n) is 7.18. The zero-order valence-corrected chi connectivity index (χ0v) is 13.6. The zero-order chi connectivity index (χ0) is 17.1. The van der Waals surface area contributed by atoms with Crippen LogP contribution in [0.3, 0.4) is 0 Å². The van der Waals surface area contributed by atoms with E-state index in [9.17, 15) is 9.59 Å². The summed E-state index contributed by atoms with van der Waals surface area (Å²) in [6.45, 7) is -0.418. The van der Waals surface area contributed by atoms with Crippen molar-refractivity contribution < 1.29 is 14.3 Å². The fourth-order valence-electron chi connectivity index (χ4n) is 2.26. The number of benzene rings is 2. The number of esters is 1. The maximum Gasteiger partial charge on any atom is 0.360 e. The first kappa shape index (κ1) is 16.0. The first-order chi connectivity index (χ1) is 11.5. The number of halogens is 1. The molecule has 3 aromatic rings. The molecule has 0 aliphatic heterocycles. The SMILES string of the molecule is Cn1cc(Cl)c(C(=O)OCC(=O)Nc2ccc3ccccc3c2)n1. The molecule has 0 spiro atoms. The van der Waals surface area contributed by atoms with Gasteiger partial charge in [0, 0.05) is 18.9 Å². The van der Waals surface area contributed by atoms with Crippen LogP contribution >= 0.6 is 11.6 Å². The lowest BCUT2D eigenvalue weighted by atomic mass is 10.1. The van der Waals surface area contributed by atoms with Gasteiger partial charge in [-0.3, -0.25) is 9.48 Å². The molecule has 0 fully saturated rings. The van der Waals surface area contributed by atoms with Gasteiger partial charge in [-0.2, -0.15) is 5.10 Å². The summed E-state index contributed by atoms with van der Waals surface area (Å²) in [5.41, 5.74) is 0.614. The number of nitrogens with zero attached hydrogens (tertiary/aromatic N) is 2. The quantitative estimate of drug-likeness (QED) is 0.739. The van der Waals surface area contributed by atoms with E-state index in [-0.39, 0.29) is 10.7 Å². The van der Waals surface area contributed by atoms with Crippen LogP contribution in [-0.2, 0) is 16.6 Å². The van der Waals surface area contributed by atoms with Crippen molar-refractivity contribution >= 4 is 39.9 Å². The molecule has 122 valence electrons. The van der Waals surface area contributed by atoms with Gasteiger partial charge in [-0.15, -0.1) is 0 Å². The molecule has 0 radical (unpaired) electrons. The van der Waals surface area contributed by atoms with Gasteiger partial charge in [0.15, 0.2) is 12.3 Å². The lowest BCUT2D eigenvalue weighted by Crippen LogP contribution is -2.21. The van der Waals surface area contributed by atoms with Crippen molar-refractivity contribution in [2.45, 2.75) is 0 Å². The number of nitrogens with one attached hydrogen (secondary N) is 1. The molecule has 7 heteroatoms. The minimum atomic E-state index is -0.741. The van der Waals surface area contributed by atoms with Crippen molar-refractivity contribution in [3.63, 3.8) is 0 Å². The molecule has 0 unspecified atom stereocenters. The average Bonchev–Trinajstić information content (AvgIpc) is 2.91. The number of carbonyl (C=O) groups excluding carboxylic acids is 2. The second kappa shape index (κ2) is 6.72. The first-order valence-corrected chi connectivity index (χ1v) is 7.55. The highest BCUT2D eigenvalue weighted by molar-refractivity contribution is 6.33. The number of amides is 1. The van der Waals surface area contributed by atoms with Crippen LogP contribution in [0.1, 0.15) is 10.5 Å². The maximum atomic E-state index is 11.9. The average molecular weight is 344 g/mol. The fraction of sp³-hybridized carbons (Fsp3) is 0.118. The largest absolute Gasteiger partial charge is 0.451 e. The Morgan fingerprint density at radius 3 is 2.67 bits per heavy atom. The van der Waals surface area contributed by atoms with Gasteiger partial charge in [0.1, 0.15) is 0 Å². The van der Waals surface area contributed by atoms with Crippen LogP contribution in [-0.4, -0.2) is 28.3 Å². The standard InChI is InChI=1S/C17H14ClN3O3/c1-21-9-14(18)16(20-21)17(23)24-10-15(22)19-13-7-6-11-4-2-3-5-12(11)8-13/h2-9H,10H2,1H3,(H,19,22). The summed E-state index contributed by atoms with van der Waals surface area (Å²) in [6.07, 6.45) is 1.48. The van der Waals surface area contributed by atoms with E-state index in [0.717, 1.165) is 10.8 Å². The summed E-state index contributed by atoms with van der Waals surface area (Å²) >= 11 is 5.86. The summed E-state index contributed by atoms with van der Waals surface area (Å²) in [5.74, 6) is -1.18. The normalized spacial score (nSPS) is 10.6. The van der Waals surface area contributed by atoms with Crippen LogP contribution in [0.15, 0.2) is 48.7 Å².